The van der Waals surface area contributed by atoms with Crippen LogP contribution in [0.3, 0.4) is 0 Å². The van der Waals surface area contributed by atoms with E-state index in [0.29, 0.717) is 62.3 Å². The largest absolute Gasteiger partial charge is 0.377 e. The zero-order valence-corrected chi connectivity index (χ0v) is 16.4. The molecule has 26 heavy (non-hydrogen) atoms. The molecule has 0 bridgehead atoms. The second kappa shape index (κ2) is 7.21. The maximum Gasteiger partial charge on any atom is 0.229 e. The summed E-state index contributed by atoms with van der Waals surface area (Å²) < 4.78 is 25.4. The first-order valence-electron chi connectivity index (χ1n) is 8.77. The van der Waals surface area contributed by atoms with Gasteiger partial charge in [0.05, 0.1) is 43.9 Å². The van der Waals surface area contributed by atoms with Crippen molar-refractivity contribution in [3.8, 4) is 0 Å². The standard InChI is InChI=1S/C17H21BrFN5O2/c1-10-8-25-5-3-23(10)16-12-7-13(19)14(18)20-15(12)21-17(22-16)24-4-6-26-9-11(24)2/h7,10-11H,3-6,8-9H2,1-2H3/t10-,11-/m0/s1. The zero-order chi connectivity index (χ0) is 18.3. The molecule has 2 aromatic rings. The van der Waals surface area contributed by atoms with Crippen molar-refractivity contribution in [1.82, 2.24) is 15.0 Å². The van der Waals surface area contributed by atoms with Crippen molar-refractivity contribution in [2.24, 2.45) is 0 Å². The predicted octanol–water partition coefficient (Wildman–Crippen LogP) is 2.38. The van der Waals surface area contributed by atoms with Gasteiger partial charge in [-0.3, -0.25) is 0 Å². The molecule has 0 N–H and O–H groups in total. The maximum absolute atomic E-state index is 14.2. The van der Waals surface area contributed by atoms with Crippen LogP contribution in [0.4, 0.5) is 16.2 Å². The number of ether oxygens (including phenoxy) is 2. The Morgan fingerprint density at radius 1 is 1.04 bits per heavy atom. The first-order chi connectivity index (χ1) is 12.5. The van der Waals surface area contributed by atoms with Gasteiger partial charge in [0, 0.05) is 13.1 Å². The molecule has 2 atom stereocenters. The third-order valence-corrected chi connectivity index (χ3v) is 5.39. The third-order valence-electron chi connectivity index (χ3n) is 4.83. The molecule has 0 aliphatic carbocycles. The van der Waals surface area contributed by atoms with Crippen LogP contribution in [0.1, 0.15) is 13.8 Å². The van der Waals surface area contributed by atoms with Crippen LogP contribution in [-0.4, -0.2) is 66.6 Å². The van der Waals surface area contributed by atoms with E-state index in [2.05, 4.69) is 49.5 Å². The van der Waals surface area contributed by atoms with E-state index >= 15 is 0 Å². The quantitative estimate of drug-likeness (QED) is 0.684. The Morgan fingerprint density at radius 3 is 2.35 bits per heavy atom. The minimum absolute atomic E-state index is 0.142. The Kier molecular flexibility index (Phi) is 4.94. The number of anilines is 2. The van der Waals surface area contributed by atoms with Crippen molar-refractivity contribution in [1.29, 1.82) is 0 Å². The summed E-state index contributed by atoms with van der Waals surface area (Å²) in [6.45, 7) is 8.06. The molecule has 2 saturated heterocycles. The zero-order valence-electron chi connectivity index (χ0n) is 14.8. The molecule has 2 aromatic heterocycles. The van der Waals surface area contributed by atoms with E-state index in [1.54, 1.807) is 0 Å². The Balaban J connectivity index is 1.87. The number of hydrogen-bond acceptors (Lipinski definition) is 7. The summed E-state index contributed by atoms with van der Waals surface area (Å²) >= 11 is 3.17. The predicted molar refractivity (Wildman–Crippen MR) is 100 cm³/mol. The van der Waals surface area contributed by atoms with Crippen molar-refractivity contribution in [2.45, 2.75) is 25.9 Å². The average Bonchev–Trinajstić information content (AvgIpc) is 2.63. The van der Waals surface area contributed by atoms with E-state index in [4.69, 9.17) is 14.5 Å². The van der Waals surface area contributed by atoms with Crippen LogP contribution in [0.25, 0.3) is 11.0 Å². The fourth-order valence-electron chi connectivity index (χ4n) is 3.40. The molecule has 2 aliphatic heterocycles. The van der Waals surface area contributed by atoms with Crippen molar-refractivity contribution >= 4 is 38.7 Å². The molecule has 4 rings (SSSR count). The van der Waals surface area contributed by atoms with E-state index < -0.39 is 5.82 Å². The number of morpholine rings is 2. The number of nitrogens with zero attached hydrogens (tertiary/aromatic N) is 5. The number of rotatable bonds is 2. The molecule has 0 aromatic carbocycles. The van der Waals surface area contributed by atoms with Gasteiger partial charge in [-0.05, 0) is 35.8 Å². The van der Waals surface area contributed by atoms with E-state index in [9.17, 15) is 4.39 Å². The number of hydrogen-bond donors (Lipinski definition) is 0. The Hall–Kier alpha value is -1.58. The van der Waals surface area contributed by atoms with E-state index in [-0.39, 0.29) is 16.7 Å². The molecule has 2 aliphatic rings. The van der Waals surface area contributed by atoms with Crippen molar-refractivity contribution in [2.75, 3.05) is 49.3 Å². The molecule has 7 nitrogen and oxygen atoms in total. The maximum atomic E-state index is 14.2. The smallest absolute Gasteiger partial charge is 0.229 e. The lowest BCUT2D eigenvalue weighted by Gasteiger charge is -2.37. The van der Waals surface area contributed by atoms with E-state index in [1.165, 1.54) is 6.07 Å². The monoisotopic (exact) mass is 425 g/mol. The molecule has 0 saturated carbocycles. The third kappa shape index (κ3) is 3.23. The summed E-state index contributed by atoms with van der Waals surface area (Å²) in [5, 5.41) is 0.615. The first kappa shape index (κ1) is 17.8. The molecule has 9 heteroatoms. The summed E-state index contributed by atoms with van der Waals surface area (Å²) in [6.07, 6.45) is 0. The van der Waals surface area contributed by atoms with Crippen molar-refractivity contribution in [3.63, 3.8) is 0 Å². The fraction of sp³-hybridized carbons (Fsp3) is 0.588. The van der Waals surface area contributed by atoms with Crippen LogP contribution in [0.2, 0.25) is 0 Å². The van der Waals surface area contributed by atoms with Gasteiger partial charge in [0.1, 0.15) is 10.4 Å². The minimum atomic E-state index is -0.421. The lowest BCUT2D eigenvalue weighted by molar-refractivity contribution is 0.0973. The minimum Gasteiger partial charge on any atom is -0.377 e. The Labute approximate surface area is 159 Å². The van der Waals surface area contributed by atoms with Crippen LogP contribution < -0.4 is 9.80 Å². The summed E-state index contributed by atoms with van der Waals surface area (Å²) in [5.41, 5.74) is 0.482. The van der Waals surface area contributed by atoms with Gasteiger partial charge in [-0.1, -0.05) is 0 Å². The van der Waals surface area contributed by atoms with Gasteiger partial charge >= 0.3 is 0 Å². The number of pyridine rings is 1. The number of aromatic nitrogens is 3. The molecule has 0 unspecified atom stereocenters. The summed E-state index contributed by atoms with van der Waals surface area (Å²) in [7, 11) is 0. The summed E-state index contributed by atoms with van der Waals surface area (Å²) in [6, 6.07) is 1.76. The molecular weight excluding hydrogens is 405 g/mol. The molecule has 140 valence electrons. The van der Waals surface area contributed by atoms with Gasteiger partial charge in [0.2, 0.25) is 5.95 Å². The SMILES string of the molecule is C[C@H]1COCCN1c1nc(N2CCOC[C@@H]2C)c2cc(F)c(Br)nc2n1. The molecule has 0 amide bonds. The summed E-state index contributed by atoms with van der Waals surface area (Å²) in [4.78, 5) is 18.0. The van der Waals surface area contributed by atoms with Gasteiger partial charge in [0.15, 0.2) is 11.5 Å². The highest BCUT2D eigenvalue weighted by Crippen LogP contribution is 2.31. The second-order valence-corrected chi connectivity index (χ2v) is 7.47. The van der Waals surface area contributed by atoms with Gasteiger partial charge in [-0.25, -0.2) is 9.37 Å². The highest BCUT2D eigenvalue weighted by Gasteiger charge is 2.27. The van der Waals surface area contributed by atoms with Gasteiger partial charge in [-0.15, -0.1) is 0 Å². The van der Waals surface area contributed by atoms with E-state index in [1.807, 2.05) is 0 Å². The van der Waals surface area contributed by atoms with Crippen LogP contribution in [0.5, 0.6) is 0 Å². The lowest BCUT2D eigenvalue weighted by atomic mass is 10.2. The number of fused-ring (bicyclic) bond motifs is 1. The highest BCUT2D eigenvalue weighted by atomic mass is 79.9. The summed E-state index contributed by atoms with van der Waals surface area (Å²) in [5.74, 6) is 0.891. The molecule has 0 radical (unpaired) electrons. The molecule has 2 fully saturated rings. The van der Waals surface area contributed by atoms with Crippen LogP contribution >= 0.6 is 15.9 Å². The van der Waals surface area contributed by atoms with Crippen LogP contribution in [-0.2, 0) is 9.47 Å². The molecule has 0 spiro atoms. The Morgan fingerprint density at radius 2 is 1.69 bits per heavy atom. The van der Waals surface area contributed by atoms with Gasteiger partial charge in [-0.2, -0.15) is 9.97 Å². The lowest BCUT2D eigenvalue weighted by Crippen LogP contribution is -2.46. The van der Waals surface area contributed by atoms with Gasteiger partial charge in [0.25, 0.3) is 0 Å². The highest BCUT2D eigenvalue weighted by molar-refractivity contribution is 9.10. The van der Waals surface area contributed by atoms with Crippen molar-refractivity contribution < 1.29 is 13.9 Å². The normalized spacial score (nSPS) is 24.3. The number of halogens is 2. The molecule has 4 heterocycles. The van der Waals surface area contributed by atoms with Crippen LogP contribution in [0.15, 0.2) is 10.7 Å². The van der Waals surface area contributed by atoms with Crippen molar-refractivity contribution in [3.05, 3.63) is 16.5 Å². The van der Waals surface area contributed by atoms with Crippen LogP contribution in [0, 0.1) is 5.82 Å². The topological polar surface area (TPSA) is 63.6 Å². The molecular formula is C17H21BrFN5O2. The fourth-order valence-corrected chi connectivity index (χ4v) is 3.68. The van der Waals surface area contributed by atoms with Gasteiger partial charge < -0.3 is 19.3 Å². The second-order valence-electron chi connectivity index (χ2n) is 6.71. The van der Waals surface area contributed by atoms with E-state index in [0.717, 1.165) is 0 Å². The average molecular weight is 426 g/mol. The Bertz CT molecular complexity index is 823. The first-order valence-corrected chi connectivity index (χ1v) is 9.56.